The molecular weight excluding hydrogens is 176 g/mol. The molecule has 2 aromatic rings. The van der Waals surface area contributed by atoms with Crippen LogP contribution in [0, 0.1) is 0 Å². The van der Waals surface area contributed by atoms with Gasteiger partial charge in [0.2, 0.25) is 0 Å². The Kier molecular flexibility index (Phi) is 2.17. The Morgan fingerprint density at radius 1 is 1.43 bits per heavy atom. The van der Waals surface area contributed by atoms with E-state index in [9.17, 15) is 5.11 Å². The Balaban J connectivity index is 2.71. The van der Waals surface area contributed by atoms with E-state index in [2.05, 4.69) is 5.32 Å². The highest BCUT2D eigenvalue weighted by molar-refractivity contribution is 5.88. The quantitative estimate of drug-likeness (QED) is 0.754. The number of para-hydroxylation sites is 1. The van der Waals surface area contributed by atoms with Gasteiger partial charge in [0, 0.05) is 25.2 Å². The van der Waals surface area contributed by atoms with Crippen LogP contribution in [0.3, 0.4) is 0 Å². The number of phenolic OH excluding ortho intramolecular Hbond substituents is 1. The van der Waals surface area contributed by atoms with Gasteiger partial charge in [-0.05, 0) is 18.7 Å². The zero-order chi connectivity index (χ0) is 10.1. The molecular formula is C11H14N2O. The lowest BCUT2D eigenvalue weighted by molar-refractivity contribution is 0.479. The third kappa shape index (κ3) is 1.26. The Morgan fingerprint density at radius 3 is 2.93 bits per heavy atom. The lowest BCUT2D eigenvalue weighted by Crippen LogP contribution is -2.04. The normalized spacial score (nSPS) is 11.0. The van der Waals surface area contributed by atoms with Gasteiger partial charge in [-0.3, -0.25) is 0 Å². The molecule has 0 amide bonds. The van der Waals surface area contributed by atoms with E-state index in [4.69, 9.17) is 0 Å². The number of fused-ring (bicyclic) bond motifs is 1. The summed E-state index contributed by atoms with van der Waals surface area (Å²) in [5.74, 6) is 0.340. The van der Waals surface area contributed by atoms with Crippen LogP contribution in [-0.4, -0.2) is 16.7 Å². The summed E-state index contributed by atoms with van der Waals surface area (Å²) in [4.78, 5) is 0. The van der Waals surface area contributed by atoms with Crippen molar-refractivity contribution in [3.05, 3.63) is 30.0 Å². The number of nitrogens with one attached hydrogen (secondary N) is 1. The maximum absolute atomic E-state index is 9.69. The minimum absolute atomic E-state index is 0.340. The van der Waals surface area contributed by atoms with E-state index in [-0.39, 0.29) is 0 Å². The van der Waals surface area contributed by atoms with Crippen LogP contribution in [0.2, 0.25) is 0 Å². The highest BCUT2D eigenvalue weighted by atomic mass is 16.3. The lowest BCUT2D eigenvalue weighted by atomic mass is 10.1. The van der Waals surface area contributed by atoms with Crippen LogP contribution < -0.4 is 5.32 Å². The van der Waals surface area contributed by atoms with Gasteiger partial charge in [0.25, 0.3) is 0 Å². The van der Waals surface area contributed by atoms with E-state index in [0.717, 1.165) is 17.4 Å². The van der Waals surface area contributed by atoms with Crippen molar-refractivity contribution in [3.8, 4) is 5.75 Å². The number of benzene rings is 1. The highest BCUT2D eigenvalue weighted by Crippen LogP contribution is 2.27. The molecule has 74 valence electrons. The number of rotatable bonds is 2. The predicted octanol–water partition coefficient (Wildman–Crippen LogP) is 1.60. The minimum Gasteiger partial charge on any atom is -0.506 e. The SMILES string of the molecule is CNCc1cn(C)c2c(O)cccc12. The standard InChI is InChI=1S/C11H14N2O/c1-12-6-8-7-13(2)11-9(8)4-3-5-10(11)14/h3-5,7,12,14H,6H2,1-2H3. The average molecular weight is 190 g/mol. The molecule has 2 N–H and O–H groups in total. The van der Waals surface area contributed by atoms with Crippen LogP contribution in [0.1, 0.15) is 5.56 Å². The summed E-state index contributed by atoms with van der Waals surface area (Å²) in [6.07, 6.45) is 2.04. The third-order valence-electron chi connectivity index (χ3n) is 2.43. The number of aromatic hydroxyl groups is 1. The van der Waals surface area contributed by atoms with Crippen molar-refractivity contribution in [2.24, 2.45) is 7.05 Å². The van der Waals surface area contributed by atoms with Crippen molar-refractivity contribution >= 4 is 10.9 Å². The van der Waals surface area contributed by atoms with Gasteiger partial charge in [-0.1, -0.05) is 12.1 Å². The summed E-state index contributed by atoms with van der Waals surface area (Å²) in [7, 11) is 3.86. The molecule has 0 atom stereocenters. The smallest absolute Gasteiger partial charge is 0.139 e. The van der Waals surface area contributed by atoms with E-state index in [1.165, 1.54) is 5.56 Å². The number of phenols is 1. The second-order valence-electron chi connectivity index (χ2n) is 3.47. The Labute approximate surface area is 83.0 Å². The average Bonchev–Trinajstić information content (AvgIpc) is 2.46. The zero-order valence-electron chi connectivity index (χ0n) is 8.41. The van der Waals surface area contributed by atoms with E-state index in [0.29, 0.717) is 5.75 Å². The monoisotopic (exact) mass is 190 g/mol. The maximum atomic E-state index is 9.69. The first-order valence-electron chi connectivity index (χ1n) is 4.64. The maximum Gasteiger partial charge on any atom is 0.139 e. The molecule has 0 saturated heterocycles. The van der Waals surface area contributed by atoms with E-state index >= 15 is 0 Å². The van der Waals surface area contributed by atoms with Gasteiger partial charge in [0.1, 0.15) is 5.75 Å². The Morgan fingerprint density at radius 2 is 2.21 bits per heavy atom. The molecule has 0 bridgehead atoms. The first kappa shape index (κ1) is 9.09. The summed E-state index contributed by atoms with van der Waals surface area (Å²) in [6.45, 7) is 0.820. The van der Waals surface area contributed by atoms with Gasteiger partial charge < -0.3 is 15.0 Å². The second-order valence-corrected chi connectivity index (χ2v) is 3.47. The molecule has 1 aromatic carbocycles. The molecule has 0 unspecified atom stereocenters. The summed E-state index contributed by atoms with van der Waals surface area (Å²) < 4.78 is 1.96. The molecule has 0 radical (unpaired) electrons. The van der Waals surface area contributed by atoms with Crippen molar-refractivity contribution in [2.45, 2.75) is 6.54 Å². The highest BCUT2D eigenvalue weighted by Gasteiger charge is 2.08. The van der Waals surface area contributed by atoms with E-state index in [1.807, 2.05) is 37.0 Å². The van der Waals surface area contributed by atoms with Gasteiger partial charge in [-0.15, -0.1) is 0 Å². The van der Waals surface area contributed by atoms with Crippen LogP contribution in [0.5, 0.6) is 5.75 Å². The predicted molar refractivity (Wildman–Crippen MR) is 57.3 cm³/mol. The largest absolute Gasteiger partial charge is 0.506 e. The first-order valence-corrected chi connectivity index (χ1v) is 4.64. The van der Waals surface area contributed by atoms with Crippen LogP contribution in [0.15, 0.2) is 24.4 Å². The summed E-state index contributed by atoms with van der Waals surface area (Å²) in [5, 5.41) is 13.9. The Bertz CT molecular complexity index is 460. The topological polar surface area (TPSA) is 37.2 Å². The van der Waals surface area contributed by atoms with Crippen molar-refractivity contribution in [1.82, 2.24) is 9.88 Å². The van der Waals surface area contributed by atoms with Gasteiger partial charge in [0.05, 0.1) is 5.52 Å². The molecule has 0 aliphatic rings. The number of aryl methyl sites for hydroxylation is 1. The number of aromatic nitrogens is 1. The fraction of sp³-hybridized carbons (Fsp3) is 0.273. The van der Waals surface area contributed by atoms with Gasteiger partial charge in [-0.25, -0.2) is 0 Å². The Hall–Kier alpha value is -1.48. The van der Waals surface area contributed by atoms with Crippen LogP contribution in [0.4, 0.5) is 0 Å². The molecule has 3 heteroatoms. The number of hydrogen-bond acceptors (Lipinski definition) is 2. The minimum atomic E-state index is 0.340. The van der Waals surface area contributed by atoms with E-state index < -0.39 is 0 Å². The zero-order valence-corrected chi connectivity index (χ0v) is 8.41. The molecule has 14 heavy (non-hydrogen) atoms. The summed E-state index contributed by atoms with van der Waals surface area (Å²) >= 11 is 0. The molecule has 1 aromatic heterocycles. The van der Waals surface area contributed by atoms with Crippen LogP contribution in [-0.2, 0) is 13.6 Å². The fourth-order valence-corrected chi connectivity index (χ4v) is 1.86. The summed E-state index contributed by atoms with van der Waals surface area (Å²) in [5.41, 5.74) is 2.11. The van der Waals surface area contributed by atoms with Gasteiger partial charge >= 0.3 is 0 Å². The third-order valence-corrected chi connectivity index (χ3v) is 2.43. The number of hydrogen-bond donors (Lipinski definition) is 2. The fourth-order valence-electron chi connectivity index (χ4n) is 1.86. The summed E-state index contributed by atoms with van der Waals surface area (Å²) in [6, 6.07) is 5.62. The molecule has 0 fully saturated rings. The molecule has 3 nitrogen and oxygen atoms in total. The first-order chi connectivity index (χ1) is 6.74. The lowest BCUT2D eigenvalue weighted by Gasteiger charge is -1.99. The van der Waals surface area contributed by atoms with Crippen molar-refractivity contribution in [2.75, 3.05) is 7.05 Å². The molecule has 1 heterocycles. The van der Waals surface area contributed by atoms with Gasteiger partial charge in [-0.2, -0.15) is 0 Å². The molecule has 2 rings (SSSR count). The van der Waals surface area contributed by atoms with Crippen molar-refractivity contribution < 1.29 is 5.11 Å². The second kappa shape index (κ2) is 3.35. The van der Waals surface area contributed by atoms with Crippen molar-refractivity contribution in [3.63, 3.8) is 0 Å². The molecule has 0 aliphatic heterocycles. The number of nitrogens with zero attached hydrogens (tertiary/aromatic N) is 1. The van der Waals surface area contributed by atoms with Crippen LogP contribution >= 0.6 is 0 Å². The van der Waals surface area contributed by atoms with E-state index in [1.54, 1.807) is 6.07 Å². The molecule has 0 saturated carbocycles. The van der Waals surface area contributed by atoms with Crippen LogP contribution in [0.25, 0.3) is 10.9 Å². The molecule has 0 aliphatic carbocycles. The van der Waals surface area contributed by atoms with Gasteiger partial charge in [0.15, 0.2) is 0 Å². The molecule has 0 spiro atoms. The van der Waals surface area contributed by atoms with Crippen molar-refractivity contribution in [1.29, 1.82) is 0 Å².